The second-order valence-corrected chi connectivity index (χ2v) is 11.8. The molecular weight excluding hydrogens is 592 g/mol. The number of anilines is 1. The zero-order valence-corrected chi connectivity index (χ0v) is 26.0. The van der Waals surface area contributed by atoms with Gasteiger partial charge < -0.3 is 20.1 Å². The average molecular weight is 630 g/mol. The maximum Gasteiger partial charge on any atom is 0.401 e. The quantitative estimate of drug-likeness (QED) is 0.243. The number of halogens is 5. The van der Waals surface area contributed by atoms with Gasteiger partial charge in [0.05, 0.1) is 34.8 Å². The van der Waals surface area contributed by atoms with Gasteiger partial charge in [0, 0.05) is 49.1 Å². The number of aromatic nitrogens is 4. The van der Waals surface area contributed by atoms with Gasteiger partial charge in [0.15, 0.2) is 5.82 Å². The van der Waals surface area contributed by atoms with Gasteiger partial charge in [-0.2, -0.15) is 18.3 Å². The Kier molecular flexibility index (Phi) is 9.97. The first-order valence-corrected chi connectivity index (χ1v) is 14.8. The van der Waals surface area contributed by atoms with Crippen LogP contribution < -0.4 is 15.0 Å². The molecule has 0 bridgehead atoms. The zero-order valence-electron chi connectivity index (χ0n) is 24.4. The Labute approximate surface area is 254 Å². The summed E-state index contributed by atoms with van der Waals surface area (Å²) in [6.07, 6.45) is -3.41. The van der Waals surface area contributed by atoms with Crippen molar-refractivity contribution >= 4 is 29.0 Å². The van der Waals surface area contributed by atoms with Gasteiger partial charge >= 0.3 is 6.18 Å². The topological polar surface area (TPSA) is 88.3 Å². The molecule has 4 rings (SSSR count). The summed E-state index contributed by atoms with van der Waals surface area (Å²) in [4.78, 5) is 11.9. The molecule has 1 saturated heterocycles. The average Bonchev–Trinajstić information content (AvgIpc) is 3.15. The molecule has 1 aliphatic rings. The maximum atomic E-state index is 12.8. The van der Waals surface area contributed by atoms with E-state index >= 15 is 0 Å². The van der Waals surface area contributed by atoms with Gasteiger partial charge in [-0.3, -0.25) is 4.68 Å². The minimum atomic E-state index is -4.30. The van der Waals surface area contributed by atoms with Crippen molar-refractivity contribution in [1.82, 2.24) is 25.1 Å². The lowest BCUT2D eigenvalue weighted by Gasteiger charge is -2.50. The molecule has 0 radical (unpaired) electrons. The van der Waals surface area contributed by atoms with Crippen LogP contribution >= 0.6 is 23.2 Å². The van der Waals surface area contributed by atoms with Gasteiger partial charge in [0.2, 0.25) is 0 Å². The highest BCUT2D eigenvalue weighted by atomic mass is 35.5. The van der Waals surface area contributed by atoms with Crippen LogP contribution in [0.15, 0.2) is 18.2 Å². The third-order valence-corrected chi connectivity index (χ3v) is 8.47. The molecule has 0 unspecified atom stereocenters. The van der Waals surface area contributed by atoms with Gasteiger partial charge in [-0.05, 0) is 51.0 Å². The second kappa shape index (κ2) is 13.0. The fourth-order valence-electron chi connectivity index (χ4n) is 5.26. The van der Waals surface area contributed by atoms with Crippen LogP contribution in [0.3, 0.4) is 0 Å². The highest BCUT2D eigenvalue weighted by molar-refractivity contribution is 6.33. The van der Waals surface area contributed by atoms with Crippen molar-refractivity contribution in [1.29, 1.82) is 0 Å². The van der Waals surface area contributed by atoms with Crippen molar-refractivity contribution < 1.29 is 23.0 Å². The molecule has 1 fully saturated rings. The number of aliphatic hydroxyl groups is 1. The predicted octanol–water partition coefficient (Wildman–Crippen LogP) is 5.86. The molecule has 0 amide bonds. The van der Waals surface area contributed by atoms with Crippen LogP contribution in [0.25, 0.3) is 22.8 Å². The summed E-state index contributed by atoms with van der Waals surface area (Å²) in [7, 11) is 1.85. The molecular formula is C29H37Cl2F3N6O2. The van der Waals surface area contributed by atoms with Gasteiger partial charge in [-0.25, -0.2) is 9.97 Å². The highest BCUT2D eigenvalue weighted by Gasteiger charge is 2.44. The Balaban J connectivity index is 1.73. The van der Waals surface area contributed by atoms with Crippen molar-refractivity contribution in [3.63, 3.8) is 0 Å². The summed E-state index contributed by atoms with van der Waals surface area (Å²) in [5.74, 6) is 1.73. The standard InChI is InChI=1S/C29H37Cl2F3N6O2/c1-6-7-20(41)11-42-21-8-9-23(31)22(10-21)26-36-24(25-17(2)19(4)38-39(25)5)18(3)27(37-26)40-15-28(12-30,16-40)13-35-14-29(32,33)34/h8-10,20,35,41H,6-7,11-16H2,1-5H3/t20-/m1/s1. The zero-order chi connectivity index (χ0) is 30.8. The number of ether oxygens (including phenoxy) is 1. The van der Waals surface area contributed by atoms with Crippen LogP contribution in [-0.4, -0.2) is 75.8 Å². The van der Waals surface area contributed by atoms with E-state index in [2.05, 4.69) is 10.4 Å². The number of aliphatic hydroxyl groups excluding tert-OH is 1. The maximum absolute atomic E-state index is 12.8. The van der Waals surface area contributed by atoms with Gasteiger partial charge in [0.25, 0.3) is 0 Å². The first-order chi connectivity index (χ1) is 19.8. The summed E-state index contributed by atoms with van der Waals surface area (Å²) in [5, 5.41) is 17.6. The number of hydrogen-bond donors (Lipinski definition) is 2. The minimum absolute atomic E-state index is 0.130. The molecule has 2 N–H and O–H groups in total. The van der Waals surface area contributed by atoms with E-state index in [1.807, 2.05) is 39.6 Å². The van der Waals surface area contributed by atoms with Gasteiger partial charge in [0.1, 0.15) is 18.2 Å². The molecule has 3 aromatic rings. The van der Waals surface area contributed by atoms with Crippen LogP contribution in [-0.2, 0) is 7.05 Å². The summed E-state index contributed by atoms with van der Waals surface area (Å²) in [5.41, 5.74) is 4.17. The molecule has 13 heteroatoms. The van der Waals surface area contributed by atoms with E-state index in [1.54, 1.807) is 22.9 Å². The number of nitrogens with one attached hydrogen (secondary N) is 1. The number of alkyl halides is 4. The van der Waals surface area contributed by atoms with E-state index in [0.29, 0.717) is 53.2 Å². The SMILES string of the molecule is CCC[C@@H](O)COc1ccc(Cl)c(-c2nc(-c3c(C)c(C)nn3C)c(C)c(N3CC(CCl)(CNCC(F)(F)F)C3)n2)c1. The molecule has 230 valence electrons. The normalized spacial score (nSPS) is 15.5. The molecule has 42 heavy (non-hydrogen) atoms. The summed E-state index contributed by atoms with van der Waals surface area (Å²) in [6, 6.07) is 5.18. The molecule has 0 aliphatic carbocycles. The highest BCUT2D eigenvalue weighted by Crippen LogP contribution is 2.41. The van der Waals surface area contributed by atoms with Crippen LogP contribution in [0.5, 0.6) is 5.75 Å². The third kappa shape index (κ3) is 7.12. The fourth-order valence-corrected chi connectivity index (χ4v) is 5.72. The van der Waals surface area contributed by atoms with E-state index in [1.165, 1.54) is 0 Å². The van der Waals surface area contributed by atoms with E-state index in [9.17, 15) is 18.3 Å². The number of aryl methyl sites for hydroxylation is 2. The van der Waals surface area contributed by atoms with Crippen LogP contribution in [0.2, 0.25) is 5.02 Å². The van der Waals surface area contributed by atoms with Crippen molar-refractivity contribution in [3.05, 3.63) is 40.0 Å². The number of rotatable bonds is 12. The number of benzene rings is 1. The number of hydrogen-bond acceptors (Lipinski definition) is 7. The summed E-state index contributed by atoms with van der Waals surface area (Å²) in [6.45, 7) is 7.88. The molecule has 0 spiro atoms. The Hall–Kier alpha value is -2.60. The van der Waals surface area contributed by atoms with E-state index in [-0.39, 0.29) is 19.0 Å². The van der Waals surface area contributed by atoms with Crippen LogP contribution in [0.4, 0.5) is 19.0 Å². The fraction of sp³-hybridized carbons (Fsp3) is 0.552. The Bertz CT molecular complexity index is 1410. The van der Waals surface area contributed by atoms with Gasteiger partial charge in [-0.15, -0.1) is 11.6 Å². The molecule has 3 heterocycles. The van der Waals surface area contributed by atoms with Crippen LogP contribution in [0.1, 0.15) is 36.6 Å². The van der Waals surface area contributed by atoms with Crippen molar-refractivity contribution in [2.75, 3.05) is 43.6 Å². The predicted molar refractivity (Wildman–Crippen MR) is 160 cm³/mol. The second-order valence-electron chi connectivity index (χ2n) is 11.1. The lowest BCUT2D eigenvalue weighted by molar-refractivity contribution is -0.125. The molecule has 1 aliphatic heterocycles. The third-order valence-electron chi connectivity index (χ3n) is 7.57. The number of nitrogens with zero attached hydrogens (tertiary/aromatic N) is 5. The first-order valence-electron chi connectivity index (χ1n) is 13.9. The minimum Gasteiger partial charge on any atom is -0.491 e. The molecule has 8 nitrogen and oxygen atoms in total. The summed E-state index contributed by atoms with van der Waals surface area (Å²) >= 11 is 12.9. The molecule has 0 saturated carbocycles. The van der Waals surface area contributed by atoms with Crippen molar-refractivity contribution in [2.45, 2.75) is 52.8 Å². The van der Waals surface area contributed by atoms with E-state index in [0.717, 1.165) is 28.9 Å². The van der Waals surface area contributed by atoms with Crippen LogP contribution in [0, 0.1) is 26.2 Å². The Morgan fingerprint density at radius 2 is 1.88 bits per heavy atom. The largest absolute Gasteiger partial charge is 0.491 e. The summed E-state index contributed by atoms with van der Waals surface area (Å²) < 4.78 is 45.9. The lowest BCUT2D eigenvalue weighted by Crippen LogP contribution is -2.62. The Morgan fingerprint density at radius 3 is 2.48 bits per heavy atom. The van der Waals surface area contributed by atoms with E-state index < -0.39 is 24.2 Å². The Morgan fingerprint density at radius 1 is 1.17 bits per heavy atom. The van der Waals surface area contributed by atoms with Crippen molar-refractivity contribution in [3.8, 4) is 28.5 Å². The monoisotopic (exact) mass is 628 g/mol. The molecule has 2 aromatic heterocycles. The molecule has 1 atom stereocenters. The molecule has 1 aromatic carbocycles. The smallest absolute Gasteiger partial charge is 0.401 e. The van der Waals surface area contributed by atoms with Gasteiger partial charge in [-0.1, -0.05) is 24.9 Å². The lowest BCUT2D eigenvalue weighted by atomic mass is 9.81. The first kappa shape index (κ1) is 32.3. The van der Waals surface area contributed by atoms with Crippen molar-refractivity contribution in [2.24, 2.45) is 12.5 Å². The van der Waals surface area contributed by atoms with E-state index in [4.69, 9.17) is 37.9 Å².